The number of likely N-dealkylation sites (N-methyl/N-ethyl adjacent to an activating group) is 6. The standard InChI is InChI=1S/C63H113N11O14/c1-25-26-27-40(16)52(77)51-57(82)67-49(42(18)75)59(84)69(19)32-47(76)70(20)44(29-34(4)5)56(81)66-48(37(10)11)60(85)71(21)45(30-35(6)7)54(79)64-41(17)53(78)68-63(88,39(14)15)62(87)72(22)46(31-36(8)9)55(80)65-43(28-33(2)3)58(83)73(23)50(38(12)13)61(86)74(51)24/h25-26,33-46,48-52,75,77,88H,27-32H2,1-24H3,(H,64,79)(H,65,80)(H,66,81)(H,67,82)(H,68,78)/b26-25+/t40-,41+,42-,43+,44-,45-,46+,48+,49+,50+,51+,52-,63+/m1/s1. The van der Waals surface area contributed by atoms with E-state index in [0.717, 1.165) is 24.5 Å². The molecule has 88 heavy (non-hydrogen) atoms. The van der Waals surface area contributed by atoms with Crippen molar-refractivity contribution >= 4 is 65.0 Å². The van der Waals surface area contributed by atoms with E-state index in [2.05, 4.69) is 26.6 Å². The van der Waals surface area contributed by atoms with Crippen molar-refractivity contribution in [2.75, 3.05) is 48.8 Å². The van der Waals surface area contributed by atoms with Crippen LogP contribution in [0.5, 0.6) is 0 Å². The van der Waals surface area contributed by atoms with Crippen molar-refractivity contribution < 1.29 is 68.1 Å². The number of aliphatic hydroxyl groups excluding tert-OH is 2. The van der Waals surface area contributed by atoms with Crippen molar-refractivity contribution in [2.45, 2.75) is 229 Å². The van der Waals surface area contributed by atoms with Gasteiger partial charge in [0.15, 0.2) is 0 Å². The summed E-state index contributed by atoms with van der Waals surface area (Å²) in [5.41, 5.74) is -2.68. The quantitative estimate of drug-likeness (QED) is 0.102. The van der Waals surface area contributed by atoms with Crippen LogP contribution in [0.2, 0.25) is 0 Å². The van der Waals surface area contributed by atoms with Gasteiger partial charge in [-0.05, 0) is 94.3 Å². The molecular formula is C63H113N11O14. The molecule has 1 rings (SSSR count). The molecule has 1 saturated heterocycles. The maximum absolute atomic E-state index is 15.1. The average Bonchev–Trinajstić information content (AvgIpc) is 2.38. The Hall–Kier alpha value is -6.21. The topological polar surface area (TPSA) is 328 Å². The van der Waals surface area contributed by atoms with E-state index < -0.39 is 168 Å². The van der Waals surface area contributed by atoms with Gasteiger partial charge in [-0.2, -0.15) is 0 Å². The van der Waals surface area contributed by atoms with Crippen molar-refractivity contribution in [3.63, 3.8) is 0 Å². The number of aliphatic hydroxyl groups is 3. The van der Waals surface area contributed by atoms with Crippen molar-refractivity contribution in [1.82, 2.24) is 56.0 Å². The van der Waals surface area contributed by atoms with Crippen LogP contribution >= 0.6 is 0 Å². The normalized spacial score (nSPS) is 27.6. The molecule has 1 heterocycles. The number of hydrogen-bond acceptors (Lipinski definition) is 14. The zero-order valence-electron chi connectivity index (χ0n) is 57.4. The van der Waals surface area contributed by atoms with Gasteiger partial charge in [0, 0.05) is 48.2 Å². The number of amides is 11. The minimum atomic E-state index is -2.68. The van der Waals surface area contributed by atoms with E-state index in [1.54, 1.807) is 67.5 Å². The van der Waals surface area contributed by atoms with E-state index in [0.29, 0.717) is 0 Å². The summed E-state index contributed by atoms with van der Waals surface area (Å²) in [5, 5.41) is 48.7. The van der Waals surface area contributed by atoms with Crippen LogP contribution in [0.3, 0.4) is 0 Å². The summed E-state index contributed by atoms with van der Waals surface area (Å²) in [6.07, 6.45) is 0.733. The lowest BCUT2D eigenvalue weighted by atomic mass is 9.91. The summed E-state index contributed by atoms with van der Waals surface area (Å²) in [6, 6.07) is -12.7. The van der Waals surface area contributed by atoms with Crippen molar-refractivity contribution in [2.24, 2.45) is 47.3 Å². The molecule has 0 radical (unpaired) electrons. The maximum atomic E-state index is 15.1. The monoisotopic (exact) mass is 1250 g/mol. The number of carbonyl (C=O) groups is 11. The molecule has 25 heteroatoms. The van der Waals surface area contributed by atoms with E-state index in [4.69, 9.17) is 0 Å². The second kappa shape index (κ2) is 35.3. The summed E-state index contributed by atoms with van der Waals surface area (Å²) < 4.78 is 0. The molecule has 504 valence electrons. The van der Waals surface area contributed by atoms with Gasteiger partial charge in [-0.15, -0.1) is 0 Å². The number of hydrogen-bond donors (Lipinski definition) is 8. The van der Waals surface area contributed by atoms with Gasteiger partial charge in [0.25, 0.3) is 5.91 Å². The Bertz CT molecular complexity index is 2430. The molecule has 0 bridgehead atoms. The smallest absolute Gasteiger partial charge is 0.276 e. The van der Waals surface area contributed by atoms with E-state index in [9.17, 15) is 63.3 Å². The fourth-order valence-electron chi connectivity index (χ4n) is 10.7. The highest BCUT2D eigenvalue weighted by Crippen LogP contribution is 2.26. The number of nitrogens with zero attached hydrogens (tertiary/aromatic N) is 6. The van der Waals surface area contributed by atoms with Gasteiger partial charge in [0.2, 0.25) is 64.8 Å². The van der Waals surface area contributed by atoms with Gasteiger partial charge in [0.05, 0.1) is 18.8 Å². The molecule has 11 amide bonds. The molecule has 0 spiro atoms. The minimum Gasteiger partial charge on any atom is -0.391 e. The summed E-state index contributed by atoms with van der Waals surface area (Å²) in [5.74, 6) is -13.2. The SMILES string of the molecule is C/C=C/C[C@@H](C)[C@@H](O)[C@H]1C(=O)N[C@@H]([C@@H](C)O)C(=O)N(C)CC(=O)N(C)[C@H](CC(C)C)C(=O)N[C@@H](C(C)C)C(=O)N(C)[C@H](CC(C)C)C(=O)N[C@@H](C)C(=O)N[C@](O)(C(C)C)C(=O)N(C)[C@@H](CC(C)C)C(=O)N[C@@H](CC(C)C)C(=O)N(C)[C@@H](C(C)C)C(=O)N1C. The number of rotatable bonds is 16. The molecule has 0 aromatic heterocycles. The van der Waals surface area contributed by atoms with Crippen LogP contribution in [0, 0.1) is 47.3 Å². The van der Waals surface area contributed by atoms with Crippen LogP contribution < -0.4 is 26.6 Å². The molecule has 1 aliphatic heterocycles. The Kier molecular flexibility index (Phi) is 32.0. The lowest BCUT2D eigenvalue weighted by molar-refractivity contribution is -0.168. The lowest BCUT2D eigenvalue weighted by Gasteiger charge is -2.40. The van der Waals surface area contributed by atoms with E-state index in [-0.39, 0.29) is 55.8 Å². The Balaban J connectivity index is 4.44. The molecule has 1 fully saturated rings. The first-order chi connectivity index (χ1) is 40.4. The highest BCUT2D eigenvalue weighted by Gasteiger charge is 2.49. The van der Waals surface area contributed by atoms with Crippen LogP contribution in [0.1, 0.15) is 157 Å². The number of allylic oxidation sites excluding steroid dienone is 2. The van der Waals surface area contributed by atoms with Gasteiger partial charge in [-0.1, -0.05) is 116 Å². The molecule has 1 aliphatic rings. The highest BCUT2D eigenvalue weighted by molar-refractivity contribution is 6.00. The molecule has 0 aromatic rings. The fourth-order valence-corrected chi connectivity index (χ4v) is 10.7. The summed E-state index contributed by atoms with van der Waals surface area (Å²) in [6.45, 7) is 29.4. The zero-order chi connectivity index (χ0) is 68.5. The number of nitrogens with one attached hydrogen (secondary N) is 5. The fraction of sp³-hybridized carbons (Fsp3) is 0.794. The first-order valence-electron chi connectivity index (χ1n) is 31.2. The van der Waals surface area contributed by atoms with Gasteiger partial charge in [-0.3, -0.25) is 52.7 Å². The summed E-state index contributed by atoms with van der Waals surface area (Å²) in [7, 11) is 7.90. The molecule has 0 unspecified atom stereocenters. The third-order valence-corrected chi connectivity index (χ3v) is 16.4. The van der Waals surface area contributed by atoms with Crippen LogP contribution in [0.25, 0.3) is 0 Å². The second-order valence-corrected chi connectivity index (χ2v) is 27.1. The van der Waals surface area contributed by atoms with E-state index >= 15 is 4.79 Å². The Labute approximate surface area is 524 Å². The molecule has 0 saturated carbocycles. The van der Waals surface area contributed by atoms with E-state index in [1.807, 2.05) is 41.5 Å². The van der Waals surface area contributed by atoms with Gasteiger partial charge in [0.1, 0.15) is 54.4 Å². The van der Waals surface area contributed by atoms with Crippen LogP contribution in [-0.4, -0.2) is 231 Å². The molecule has 0 aromatic carbocycles. The third-order valence-electron chi connectivity index (χ3n) is 16.4. The molecule has 25 nitrogen and oxygen atoms in total. The lowest BCUT2D eigenvalue weighted by Crippen LogP contribution is -2.67. The molecular weight excluding hydrogens is 1130 g/mol. The van der Waals surface area contributed by atoms with Crippen molar-refractivity contribution in [3.05, 3.63) is 12.2 Å². The largest absolute Gasteiger partial charge is 0.391 e. The number of carbonyl (C=O) groups excluding carboxylic acids is 11. The predicted octanol–water partition coefficient (Wildman–Crippen LogP) is 1.85. The Morgan fingerprint density at radius 3 is 1.39 bits per heavy atom. The summed E-state index contributed by atoms with van der Waals surface area (Å²) >= 11 is 0. The predicted molar refractivity (Wildman–Crippen MR) is 336 cm³/mol. The Morgan fingerprint density at radius 1 is 0.500 bits per heavy atom. The zero-order valence-corrected chi connectivity index (χ0v) is 57.4. The third kappa shape index (κ3) is 21.8. The maximum Gasteiger partial charge on any atom is 0.276 e. The molecule has 8 N–H and O–H groups in total. The van der Waals surface area contributed by atoms with Crippen molar-refractivity contribution in [1.29, 1.82) is 0 Å². The minimum absolute atomic E-state index is 0.00750. The van der Waals surface area contributed by atoms with Crippen LogP contribution in [-0.2, 0) is 52.7 Å². The molecule has 0 aliphatic carbocycles. The van der Waals surface area contributed by atoms with Crippen LogP contribution in [0.4, 0.5) is 0 Å². The van der Waals surface area contributed by atoms with Gasteiger partial charge >= 0.3 is 0 Å². The van der Waals surface area contributed by atoms with E-state index in [1.165, 1.54) is 74.9 Å². The first-order valence-corrected chi connectivity index (χ1v) is 31.2. The average molecular weight is 1250 g/mol. The first kappa shape index (κ1) is 79.8. The van der Waals surface area contributed by atoms with Gasteiger partial charge in [-0.25, -0.2) is 0 Å². The van der Waals surface area contributed by atoms with Crippen molar-refractivity contribution in [3.8, 4) is 0 Å². The molecule has 13 atom stereocenters. The van der Waals surface area contributed by atoms with Crippen LogP contribution in [0.15, 0.2) is 12.2 Å². The summed E-state index contributed by atoms with van der Waals surface area (Å²) in [4.78, 5) is 167. The Morgan fingerprint density at radius 2 is 0.943 bits per heavy atom. The van der Waals surface area contributed by atoms with Gasteiger partial charge < -0.3 is 71.3 Å². The second-order valence-electron chi connectivity index (χ2n) is 27.1. The highest BCUT2D eigenvalue weighted by atomic mass is 16.3.